The van der Waals surface area contributed by atoms with Gasteiger partial charge in [0.25, 0.3) is 0 Å². The number of carboxylic acid groups (broad SMARTS) is 1. The largest absolute Gasteiger partial charge is 0.478 e. The molecule has 0 bridgehead atoms. The third-order valence-electron chi connectivity index (χ3n) is 2.33. The average molecular weight is 192 g/mol. The van der Waals surface area contributed by atoms with Gasteiger partial charge in [-0.25, -0.2) is 4.79 Å². The maximum atomic E-state index is 10.9. The minimum absolute atomic E-state index is 0.379. The molecule has 0 unspecified atom stereocenters. The van der Waals surface area contributed by atoms with Gasteiger partial charge in [0, 0.05) is 30.9 Å². The predicted octanol–water partition coefficient (Wildman–Crippen LogP) is 0.900. The van der Waals surface area contributed by atoms with Gasteiger partial charge in [0.15, 0.2) is 0 Å². The lowest BCUT2D eigenvalue weighted by Crippen LogP contribution is -2.17. The average Bonchev–Trinajstić information content (AvgIpc) is 2.41. The minimum atomic E-state index is -0.868. The molecule has 0 aliphatic carbocycles. The number of carbonyl (C=O) groups is 1. The summed E-state index contributed by atoms with van der Waals surface area (Å²) in [7, 11) is 0. The fraction of sp³-hybridized carbons (Fsp3) is 0.300. The first-order valence-electron chi connectivity index (χ1n) is 4.59. The molecule has 0 amide bonds. The molecule has 0 atom stereocenters. The van der Waals surface area contributed by atoms with E-state index in [4.69, 9.17) is 5.11 Å². The van der Waals surface area contributed by atoms with Gasteiger partial charge in [0.05, 0.1) is 5.56 Å². The van der Waals surface area contributed by atoms with Crippen LogP contribution in [-0.2, 0) is 6.54 Å². The van der Waals surface area contributed by atoms with E-state index in [9.17, 15) is 4.79 Å². The lowest BCUT2D eigenvalue weighted by molar-refractivity contribution is 0.0695. The smallest absolute Gasteiger partial charge is 0.336 e. The number of nitrogens with one attached hydrogen (secondary N) is 2. The standard InChI is InChI=1S/C10H12N2O2/c13-10(14)7-2-1-3-9-8(7)6-11-4-5-12-9/h1-3,11-12H,4-6H2,(H,13,14). The number of rotatable bonds is 1. The van der Waals surface area contributed by atoms with Crippen LogP contribution >= 0.6 is 0 Å². The Morgan fingerprint density at radius 2 is 2.21 bits per heavy atom. The Bertz CT molecular complexity index is 363. The van der Waals surface area contributed by atoms with Crippen molar-refractivity contribution >= 4 is 11.7 Å². The van der Waals surface area contributed by atoms with Gasteiger partial charge in [0.1, 0.15) is 0 Å². The van der Waals surface area contributed by atoms with Crippen LogP contribution in [0.3, 0.4) is 0 Å². The third kappa shape index (κ3) is 1.56. The predicted molar refractivity (Wildman–Crippen MR) is 53.6 cm³/mol. The minimum Gasteiger partial charge on any atom is -0.478 e. The number of benzene rings is 1. The fourth-order valence-electron chi connectivity index (χ4n) is 1.64. The van der Waals surface area contributed by atoms with Crippen LogP contribution in [0.5, 0.6) is 0 Å². The molecular weight excluding hydrogens is 180 g/mol. The first kappa shape index (κ1) is 9.02. The van der Waals surface area contributed by atoms with E-state index in [2.05, 4.69) is 10.6 Å². The van der Waals surface area contributed by atoms with E-state index < -0.39 is 5.97 Å². The summed E-state index contributed by atoms with van der Waals surface area (Å²) in [6.07, 6.45) is 0. The Balaban J connectivity index is 2.47. The van der Waals surface area contributed by atoms with Gasteiger partial charge in [0.2, 0.25) is 0 Å². The van der Waals surface area contributed by atoms with Gasteiger partial charge in [-0.3, -0.25) is 0 Å². The molecule has 0 saturated carbocycles. The van der Waals surface area contributed by atoms with Gasteiger partial charge in [-0.15, -0.1) is 0 Å². The second-order valence-corrected chi connectivity index (χ2v) is 3.24. The van der Waals surface area contributed by atoms with Crippen molar-refractivity contribution in [2.24, 2.45) is 0 Å². The number of hydrogen-bond donors (Lipinski definition) is 3. The first-order valence-corrected chi connectivity index (χ1v) is 4.59. The Labute approximate surface area is 81.9 Å². The lowest BCUT2D eigenvalue weighted by Gasteiger charge is -2.09. The monoisotopic (exact) mass is 192 g/mol. The molecule has 1 aromatic rings. The number of fused-ring (bicyclic) bond motifs is 1. The summed E-state index contributed by atoms with van der Waals surface area (Å²) in [6, 6.07) is 5.31. The summed E-state index contributed by atoms with van der Waals surface area (Å²) in [5.41, 5.74) is 2.15. The Kier molecular flexibility index (Phi) is 2.37. The molecule has 0 aromatic heterocycles. The summed E-state index contributed by atoms with van der Waals surface area (Å²) in [5.74, 6) is -0.868. The maximum absolute atomic E-state index is 10.9. The van der Waals surface area contributed by atoms with Gasteiger partial charge >= 0.3 is 5.97 Å². The van der Waals surface area contributed by atoms with Crippen molar-refractivity contribution in [3.63, 3.8) is 0 Å². The van der Waals surface area contributed by atoms with E-state index >= 15 is 0 Å². The molecule has 1 aromatic carbocycles. The Morgan fingerprint density at radius 1 is 1.36 bits per heavy atom. The summed E-state index contributed by atoms with van der Waals surface area (Å²) in [4.78, 5) is 10.9. The molecule has 1 heterocycles. The molecule has 2 rings (SSSR count). The van der Waals surface area contributed by atoms with E-state index in [1.54, 1.807) is 12.1 Å². The number of aromatic carboxylic acids is 1. The zero-order chi connectivity index (χ0) is 9.97. The van der Waals surface area contributed by atoms with Gasteiger partial charge in [-0.1, -0.05) is 6.07 Å². The van der Waals surface area contributed by atoms with Crippen LogP contribution in [0.4, 0.5) is 5.69 Å². The van der Waals surface area contributed by atoms with Crippen LogP contribution in [0.1, 0.15) is 15.9 Å². The molecule has 4 nitrogen and oxygen atoms in total. The highest BCUT2D eigenvalue weighted by Crippen LogP contribution is 2.21. The third-order valence-corrected chi connectivity index (χ3v) is 2.33. The van der Waals surface area contributed by atoms with Crippen molar-refractivity contribution in [3.8, 4) is 0 Å². The highest BCUT2D eigenvalue weighted by atomic mass is 16.4. The molecule has 1 aliphatic rings. The molecule has 0 radical (unpaired) electrons. The van der Waals surface area contributed by atoms with E-state index in [1.807, 2.05) is 6.07 Å². The normalized spacial score (nSPS) is 15.1. The second-order valence-electron chi connectivity index (χ2n) is 3.24. The van der Waals surface area contributed by atoms with Crippen LogP contribution in [-0.4, -0.2) is 24.2 Å². The van der Waals surface area contributed by atoms with Crippen molar-refractivity contribution in [2.45, 2.75) is 6.54 Å². The van der Waals surface area contributed by atoms with Crippen LogP contribution in [0.2, 0.25) is 0 Å². The van der Waals surface area contributed by atoms with Crippen molar-refractivity contribution in [1.29, 1.82) is 0 Å². The van der Waals surface area contributed by atoms with Crippen molar-refractivity contribution < 1.29 is 9.90 Å². The molecule has 14 heavy (non-hydrogen) atoms. The zero-order valence-electron chi connectivity index (χ0n) is 7.71. The maximum Gasteiger partial charge on any atom is 0.336 e. The fourth-order valence-corrected chi connectivity index (χ4v) is 1.64. The molecule has 0 spiro atoms. The van der Waals surface area contributed by atoms with Crippen LogP contribution in [0, 0.1) is 0 Å². The lowest BCUT2D eigenvalue weighted by atomic mass is 10.1. The summed E-state index contributed by atoms with van der Waals surface area (Å²) < 4.78 is 0. The number of hydrogen-bond acceptors (Lipinski definition) is 3. The van der Waals surface area contributed by atoms with E-state index in [0.717, 1.165) is 24.3 Å². The summed E-state index contributed by atoms with van der Waals surface area (Å²) in [6.45, 7) is 2.30. The zero-order valence-corrected chi connectivity index (χ0v) is 7.71. The number of carboxylic acids is 1. The van der Waals surface area contributed by atoms with E-state index in [1.165, 1.54) is 0 Å². The number of anilines is 1. The first-order chi connectivity index (χ1) is 6.79. The highest BCUT2D eigenvalue weighted by Gasteiger charge is 2.14. The molecule has 1 aliphatic heterocycles. The van der Waals surface area contributed by atoms with Gasteiger partial charge in [-0.2, -0.15) is 0 Å². The van der Waals surface area contributed by atoms with E-state index in [-0.39, 0.29) is 0 Å². The van der Waals surface area contributed by atoms with Gasteiger partial charge < -0.3 is 15.7 Å². The van der Waals surface area contributed by atoms with Crippen molar-refractivity contribution in [2.75, 3.05) is 18.4 Å². The molecule has 74 valence electrons. The Hall–Kier alpha value is -1.55. The topological polar surface area (TPSA) is 61.4 Å². The van der Waals surface area contributed by atoms with Crippen molar-refractivity contribution in [3.05, 3.63) is 29.3 Å². The quantitative estimate of drug-likeness (QED) is 0.618. The second kappa shape index (κ2) is 3.67. The van der Waals surface area contributed by atoms with Gasteiger partial charge in [-0.05, 0) is 12.1 Å². The van der Waals surface area contributed by atoms with Crippen molar-refractivity contribution in [1.82, 2.24) is 5.32 Å². The highest BCUT2D eigenvalue weighted by molar-refractivity contribution is 5.91. The molecular formula is C10H12N2O2. The summed E-state index contributed by atoms with van der Waals surface area (Å²) in [5, 5.41) is 15.3. The molecule has 3 N–H and O–H groups in total. The van der Waals surface area contributed by atoms with Crippen LogP contribution in [0.25, 0.3) is 0 Å². The van der Waals surface area contributed by atoms with E-state index in [0.29, 0.717) is 12.1 Å². The van der Waals surface area contributed by atoms with Crippen LogP contribution < -0.4 is 10.6 Å². The summed E-state index contributed by atoms with van der Waals surface area (Å²) >= 11 is 0. The Morgan fingerprint density at radius 3 is 3.00 bits per heavy atom. The molecule has 0 fully saturated rings. The SMILES string of the molecule is O=C(O)c1cccc2c1CNCCN2. The van der Waals surface area contributed by atoms with Crippen LogP contribution in [0.15, 0.2) is 18.2 Å². The molecule has 0 saturated heterocycles. The molecule has 4 heteroatoms.